The Hall–Kier alpha value is -0.720. The van der Waals surface area contributed by atoms with E-state index in [4.69, 9.17) is 9.47 Å². The van der Waals surface area contributed by atoms with E-state index in [1.807, 2.05) is 24.8 Å². The number of carboxylic acid groups (broad SMARTS) is 1. The molecule has 6 heteroatoms. The summed E-state index contributed by atoms with van der Waals surface area (Å²) in [6.07, 6.45) is 3.68. The van der Waals surface area contributed by atoms with E-state index >= 15 is 0 Å². The molecule has 1 aromatic heterocycles. The van der Waals surface area contributed by atoms with Crippen molar-refractivity contribution in [3.8, 4) is 5.75 Å². The molecule has 0 aromatic carbocycles. The first-order chi connectivity index (χ1) is 10.1. The lowest BCUT2D eigenvalue weighted by molar-refractivity contribution is -0.0959. The van der Waals surface area contributed by atoms with Crippen molar-refractivity contribution in [3.63, 3.8) is 0 Å². The van der Waals surface area contributed by atoms with Gasteiger partial charge < -0.3 is 14.6 Å². The van der Waals surface area contributed by atoms with E-state index in [1.165, 1.54) is 11.3 Å². The Morgan fingerprint density at radius 1 is 1.62 bits per heavy atom. The van der Waals surface area contributed by atoms with Gasteiger partial charge in [-0.25, -0.2) is 4.79 Å². The van der Waals surface area contributed by atoms with E-state index in [1.54, 1.807) is 0 Å². The van der Waals surface area contributed by atoms with Crippen molar-refractivity contribution in [2.75, 3.05) is 18.1 Å². The van der Waals surface area contributed by atoms with Gasteiger partial charge in [0, 0.05) is 23.5 Å². The molecule has 2 aliphatic rings. The van der Waals surface area contributed by atoms with Crippen LogP contribution in [0.5, 0.6) is 5.75 Å². The molecule has 2 atom stereocenters. The highest BCUT2D eigenvalue weighted by atomic mass is 32.2. The van der Waals surface area contributed by atoms with Gasteiger partial charge in [-0.05, 0) is 24.7 Å². The van der Waals surface area contributed by atoms with E-state index in [0.29, 0.717) is 17.2 Å². The van der Waals surface area contributed by atoms with Gasteiger partial charge in [0.25, 0.3) is 0 Å². The second-order valence-corrected chi connectivity index (χ2v) is 7.87. The number of aryl methyl sites for hydroxylation is 1. The van der Waals surface area contributed by atoms with Crippen LogP contribution in [0.25, 0.3) is 0 Å². The standard InChI is InChI=1S/C15H20O4S2/c1-2-11-7-12(13(21-11)14(16)17)19-10-3-5-18-15(8-10)4-6-20-9-15/h7,10H,2-6,8-9H2,1H3,(H,16,17). The van der Waals surface area contributed by atoms with Crippen LogP contribution in [0, 0.1) is 0 Å². The summed E-state index contributed by atoms with van der Waals surface area (Å²) in [5.74, 6) is 1.82. The van der Waals surface area contributed by atoms with Gasteiger partial charge in [-0.1, -0.05) is 6.92 Å². The van der Waals surface area contributed by atoms with E-state index in [9.17, 15) is 9.90 Å². The molecular weight excluding hydrogens is 308 g/mol. The molecule has 1 N–H and O–H groups in total. The van der Waals surface area contributed by atoms with Crippen LogP contribution in [-0.2, 0) is 11.2 Å². The van der Waals surface area contributed by atoms with E-state index < -0.39 is 5.97 Å². The molecule has 2 fully saturated rings. The summed E-state index contributed by atoms with van der Waals surface area (Å²) in [6, 6.07) is 1.89. The van der Waals surface area contributed by atoms with Gasteiger partial charge in [0.1, 0.15) is 11.9 Å². The molecule has 3 heterocycles. The van der Waals surface area contributed by atoms with Gasteiger partial charge in [0.2, 0.25) is 0 Å². The molecule has 3 rings (SSSR count). The highest BCUT2D eigenvalue weighted by Crippen LogP contribution is 2.40. The quantitative estimate of drug-likeness (QED) is 0.917. The highest BCUT2D eigenvalue weighted by molar-refractivity contribution is 7.99. The molecule has 2 unspecified atom stereocenters. The molecule has 0 aliphatic carbocycles. The van der Waals surface area contributed by atoms with Crippen LogP contribution in [0.15, 0.2) is 6.07 Å². The normalized spacial score (nSPS) is 28.9. The number of thiophene rings is 1. The topological polar surface area (TPSA) is 55.8 Å². The first-order valence-electron chi connectivity index (χ1n) is 7.36. The molecule has 0 radical (unpaired) electrons. The minimum Gasteiger partial charge on any atom is -0.488 e. The van der Waals surface area contributed by atoms with Crippen LogP contribution in [-0.4, -0.2) is 40.9 Å². The van der Waals surface area contributed by atoms with E-state index in [2.05, 4.69) is 0 Å². The lowest BCUT2D eigenvalue weighted by atomic mass is 9.91. The summed E-state index contributed by atoms with van der Waals surface area (Å²) in [7, 11) is 0. The lowest BCUT2D eigenvalue weighted by Gasteiger charge is -2.37. The van der Waals surface area contributed by atoms with Gasteiger partial charge in [-0.3, -0.25) is 0 Å². The van der Waals surface area contributed by atoms with Gasteiger partial charge >= 0.3 is 5.97 Å². The van der Waals surface area contributed by atoms with Crippen molar-refractivity contribution in [2.24, 2.45) is 0 Å². The Morgan fingerprint density at radius 3 is 3.14 bits per heavy atom. The Labute approximate surface area is 132 Å². The third-order valence-corrected chi connectivity index (χ3v) is 6.57. The number of hydrogen-bond acceptors (Lipinski definition) is 5. The summed E-state index contributed by atoms with van der Waals surface area (Å²) >= 11 is 3.25. The second kappa shape index (κ2) is 6.18. The van der Waals surface area contributed by atoms with Crippen molar-refractivity contribution in [1.29, 1.82) is 0 Å². The van der Waals surface area contributed by atoms with Gasteiger partial charge in [-0.2, -0.15) is 11.8 Å². The maximum absolute atomic E-state index is 11.3. The summed E-state index contributed by atoms with van der Waals surface area (Å²) in [5.41, 5.74) is -0.0411. The fourth-order valence-corrected chi connectivity index (χ4v) is 5.21. The predicted molar refractivity (Wildman–Crippen MR) is 84.9 cm³/mol. The molecule has 21 heavy (non-hydrogen) atoms. The number of thioether (sulfide) groups is 1. The van der Waals surface area contributed by atoms with Gasteiger partial charge in [0.05, 0.1) is 12.2 Å². The molecule has 2 aliphatic heterocycles. The first-order valence-corrected chi connectivity index (χ1v) is 9.33. The average Bonchev–Trinajstić information content (AvgIpc) is 3.06. The van der Waals surface area contributed by atoms with Crippen molar-refractivity contribution in [3.05, 3.63) is 15.8 Å². The summed E-state index contributed by atoms with van der Waals surface area (Å²) in [6.45, 7) is 2.73. The number of carbonyl (C=O) groups is 1. The zero-order chi connectivity index (χ0) is 14.9. The second-order valence-electron chi connectivity index (χ2n) is 5.63. The van der Waals surface area contributed by atoms with Crippen LogP contribution < -0.4 is 4.74 Å². The zero-order valence-corrected chi connectivity index (χ0v) is 13.7. The molecular formula is C15H20O4S2. The Morgan fingerprint density at radius 2 is 2.48 bits per heavy atom. The number of carboxylic acids is 1. The fraction of sp³-hybridized carbons (Fsp3) is 0.667. The van der Waals surface area contributed by atoms with Crippen molar-refractivity contribution >= 4 is 29.1 Å². The third kappa shape index (κ3) is 3.22. The van der Waals surface area contributed by atoms with Crippen molar-refractivity contribution < 1.29 is 19.4 Å². The monoisotopic (exact) mass is 328 g/mol. The Balaban J connectivity index is 1.73. The molecule has 0 bridgehead atoms. The average molecular weight is 328 g/mol. The van der Waals surface area contributed by atoms with Crippen LogP contribution in [0.2, 0.25) is 0 Å². The van der Waals surface area contributed by atoms with Crippen LogP contribution >= 0.6 is 23.1 Å². The number of rotatable bonds is 4. The summed E-state index contributed by atoms with van der Waals surface area (Å²) in [5, 5.41) is 9.31. The molecule has 1 spiro atoms. The third-order valence-electron chi connectivity index (χ3n) is 4.10. The minimum absolute atomic E-state index is 0.0411. The van der Waals surface area contributed by atoms with Crippen LogP contribution in [0.3, 0.4) is 0 Å². The fourth-order valence-electron chi connectivity index (χ4n) is 2.96. The SMILES string of the molecule is CCc1cc(OC2CCOC3(CCSC3)C2)c(C(=O)O)s1. The van der Waals surface area contributed by atoms with Crippen molar-refractivity contribution in [2.45, 2.75) is 44.3 Å². The van der Waals surface area contributed by atoms with Gasteiger partial charge in [-0.15, -0.1) is 11.3 Å². The molecule has 2 saturated heterocycles. The van der Waals surface area contributed by atoms with E-state index in [-0.39, 0.29) is 11.7 Å². The largest absolute Gasteiger partial charge is 0.488 e. The first kappa shape index (κ1) is 15.2. The summed E-state index contributed by atoms with van der Waals surface area (Å²) < 4.78 is 12.0. The van der Waals surface area contributed by atoms with Crippen molar-refractivity contribution in [1.82, 2.24) is 0 Å². The van der Waals surface area contributed by atoms with Gasteiger partial charge in [0.15, 0.2) is 4.88 Å². The lowest BCUT2D eigenvalue weighted by Crippen LogP contribution is -2.43. The number of hydrogen-bond donors (Lipinski definition) is 1. The highest BCUT2D eigenvalue weighted by Gasteiger charge is 2.41. The maximum Gasteiger partial charge on any atom is 0.349 e. The Bertz CT molecular complexity index is 520. The number of ether oxygens (including phenoxy) is 2. The smallest absolute Gasteiger partial charge is 0.349 e. The molecule has 4 nitrogen and oxygen atoms in total. The number of aromatic carboxylic acids is 1. The van der Waals surface area contributed by atoms with Crippen LogP contribution in [0.1, 0.15) is 40.7 Å². The maximum atomic E-state index is 11.3. The molecule has 116 valence electrons. The Kier molecular flexibility index (Phi) is 4.47. The molecule has 1 aromatic rings. The summed E-state index contributed by atoms with van der Waals surface area (Å²) in [4.78, 5) is 12.7. The molecule has 0 amide bonds. The van der Waals surface area contributed by atoms with Crippen LogP contribution in [0.4, 0.5) is 0 Å². The van der Waals surface area contributed by atoms with E-state index in [0.717, 1.165) is 42.1 Å². The molecule has 0 saturated carbocycles. The predicted octanol–water partition coefficient (Wildman–Crippen LogP) is 3.44. The minimum atomic E-state index is -0.895. The zero-order valence-electron chi connectivity index (χ0n) is 12.1.